The molecule has 2 heterocycles. The van der Waals surface area contributed by atoms with Crippen LogP contribution in [0.1, 0.15) is 19.8 Å². The number of rotatable bonds is 3. The van der Waals surface area contributed by atoms with Crippen molar-refractivity contribution < 1.29 is 14.4 Å². The molecule has 0 unspecified atom stereocenters. The first-order valence-electron chi connectivity index (χ1n) is 6.82. The van der Waals surface area contributed by atoms with Crippen LogP contribution in [-0.2, 0) is 4.74 Å². The summed E-state index contributed by atoms with van der Waals surface area (Å²) in [6, 6.07) is 1.26. The van der Waals surface area contributed by atoms with Gasteiger partial charge in [0.25, 0.3) is 0 Å². The molecule has 0 radical (unpaired) electrons. The Bertz CT molecular complexity index is 532. The number of morpholine rings is 1. The predicted molar refractivity (Wildman–Crippen MR) is 71.3 cm³/mol. The summed E-state index contributed by atoms with van der Waals surface area (Å²) in [4.78, 5) is 12.6. The lowest BCUT2D eigenvalue weighted by Gasteiger charge is -2.37. The van der Waals surface area contributed by atoms with Crippen LogP contribution in [0.25, 0.3) is 0 Å². The number of nitro groups is 1. The van der Waals surface area contributed by atoms with E-state index in [0.717, 1.165) is 19.0 Å². The van der Waals surface area contributed by atoms with Gasteiger partial charge in [-0.05, 0) is 25.7 Å². The van der Waals surface area contributed by atoms with E-state index in [1.54, 1.807) is 0 Å². The van der Waals surface area contributed by atoms with Crippen LogP contribution in [0.4, 0.5) is 11.4 Å². The van der Waals surface area contributed by atoms with Gasteiger partial charge in [0.2, 0.25) is 6.20 Å². The van der Waals surface area contributed by atoms with E-state index in [0.29, 0.717) is 29.4 Å². The first-order chi connectivity index (χ1) is 9.54. The lowest BCUT2D eigenvalue weighted by Crippen LogP contribution is -2.48. The van der Waals surface area contributed by atoms with Crippen molar-refractivity contribution in [1.82, 2.24) is 0 Å². The van der Waals surface area contributed by atoms with Gasteiger partial charge in [0.15, 0.2) is 11.9 Å². The van der Waals surface area contributed by atoms with Crippen molar-refractivity contribution in [3.05, 3.63) is 33.8 Å². The fraction of sp³-hybridized carbons (Fsp3) is 0.615. The molecule has 1 saturated heterocycles. The summed E-state index contributed by atoms with van der Waals surface area (Å²) in [7, 11) is 0. The molecule has 1 aromatic rings. The average Bonchev–Trinajstić information content (AvgIpc) is 3.21. The van der Waals surface area contributed by atoms with Crippen LogP contribution < -0.4 is 9.63 Å². The summed E-state index contributed by atoms with van der Waals surface area (Å²) in [5.74, 6) is 0.558. The molecule has 0 spiro atoms. The van der Waals surface area contributed by atoms with Gasteiger partial charge in [0, 0.05) is 13.1 Å². The summed E-state index contributed by atoms with van der Waals surface area (Å²) in [6.07, 6.45) is 4.87. The maximum absolute atomic E-state index is 11.5. The van der Waals surface area contributed by atoms with Gasteiger partial charge in [0.05, 0.1) is 23.2 Å². The van der Waals surface area contributed by atoms with Crippen molar-refractivity contribution in [1.29, 1.82) is 0 Å². The fourth-order valence-corrected chi connectivity index (χ4v) is 2.77. The lowest BCUT2D eigenvalue weighted by molar-refractivity contribution is -0.605. The van der Waals surface area contributed by atoms with Gasteiger partial charge in [-0.1, -0.05) is 0 Å². The molecule has 0 amide bonds. The first kappa shape index (κ1) is 13.1. The zero-order valence-corrected chi connectivity index (χ0v) is 11.3. The monoisotopic (exact) mass is 279 g/mol. The Kier molecular flexibility index (Phi) is 3.21. The van der Waals surface area contributed by atoms with Crippen LogP contribution in [-0.4, -0.2) is 30.2 Å². The molecule has 0 N–H and O–H groups in total. The van der Waals surface area contributed by atoms with Gasteiger partial charge < -0.3 is 14.8 Å². The largest absolute Gasteiger partial charge is 0.619 e. The quantitative estimate of drug-likeness (QED) is 0.360. The summed E-state index contributed by atoms with van der Waals surface area (Å²) in [5.41, 5.74) is 0.356. The van der Waals surface area contributed by atoms with E-state index in [-0.39, 0.29) is 17.9 Å². The number of aromatic nitrogens is 1. The maximum Gasteiger partial charge on any atom is 0.304 e. The van der Waals surface area contributed by atoms with Gasteiger partial charge >= 0.3 is 5.69 Å². The maximum atomic E-state index is 11.5. The molecule has 7 nitrogen and oxygen atoms in total. The molecule has 1 aliphatic heterocycles. The Labute approximate surface area is 116 Å². The molecule has 3 rings (SSSR count). The van der Waals surface area contributed by atoms with Crippen LogP contribution in [0, 0.1) is 21.2 Å². The van der Waals surface area contributed by atoms with E-state index in [1.807, 2.05) is 11.8 Å². The van der Waals surface area contributed by atoms with E-state index >= 15 is 0 Å². The van der Waals surface area contributed by atoms with Gasteiger partial charge in [-0.15, -0.1) is 0 Å². The van der Waals surface area contributed by atoms with Crippen LogP contribution in [0.15, 0.2) is 18.5 Å². The second-order valence-electron chi connectivity index (χ2n) is 5.56. The van der Waals surface area contributed by atoms with E-state index in [9.17, 15) is 15.3 Å². The fourth-order valence-electron chi connectivity index (χ4n) is 2.77. The van der Waals surface area contributed by atoms with Crippen molar-refractivity contribution in [2.24, 2.45) is 5.92 Å². The standard InChI is InChI=1S/C13H17N3O4/c1-9-6-14(8-13(20-9)10-2-3-10)12-7-15(17)5-4-11(12)16(18)19/h4-5,7,9-10,13H,2-3,6,8H2,1H3/t9-,13-/m1/s1. The summed E-state index contributed by atoms with van der Waals surface area (Å²) in [6.45, 7) is 3.13. The van der Waals surface area contributed by atoms with Gasteiger partial charge in [-0.3, -0.25) is 10.1 Å². The lowest BCUT2D eigenvalue weighted by atomic mass is 10.1. The molecule has 20 heavy (non-hydrogen) atoms. The molecule has 2 atom stereocenters. The first-order valence-corrected chi connectivity index (χ1v) is 6.82. The van der Waals surface area contributed by atoms with Gasteiger partial charge in [0.1, 0.15) is 0 Å². The van der Waals surface area contributed by atoms with Crippen molar-refractivity contribution in [2.75, 3.05) is 18.0 Å². The second kappa shape index (κ2) is 4.90. The van der Waals surface area contributed by atoms with Crippen LogP contribution >= 0.6 is 0 Å². The number of hydrogen-bond donors (Lipinski definition) is 0. The Morgan fingerprint density at radius 1 is 1.45 bits per heavy atom. The normalized spacial score (nSPS) is 26.6. The van der Waals surface area contributed by atoms with Crippen molar-refractivity contribution >= 4 is 11.4 Å². The third-order valence-corrected chi connectivity index (χ3v) is 3.86. The molecule has 2 fully saturated rings. The number of ether oxygens (including phenoxy) is 1. The zero-order chi connectivity index (χ0) is 14.3. The molecule has 7 heteroatoms. The second-order valence-corrected chi connectivity index (χ2v) is 5.56. The number of hydrogen-bond acceptors (Lipinski definition) is 5. The number of nitrogens with zero attached hydrogens (tertiary/aromatic N) is 3. The molecule has 0 aromatic carbocycles. The minimum atomic E-state index is -0.443. The van der Waals surface area contributed by atoms with Crippen LogP contribution in [0.5, 0.6) is 0 Å². The zero-order valence-electron chi connectivity index (χ0n) is 11.3. The molecule has 1 aromatic heterocycles. The van der Waals surface area contributed by atoms with E-state index < -0.39 is 4.92 Å². The Balaban J connectivity index is 1.90. The van der Waals surface area contributed by atoms with Crippen molar-refractivity contribution in [3.8, 4) is 0 Å². The highest BCUT2D eigenvalue weighted by atomic mass is 16.6. The SMILES string of the molecule is C[C@@H]1CN(c2c[n+]([O-])ccc2[N+](=O)[O-])C[C@H](C2CC2)O1. The minimum Gasteiger partial charge on any atom is -0.619 e. The van der Waals surface area contributed by atoms with Crippen LogP contribution in [0.2, 0.25) is 0 Å². The predicted octanol–water partition coefficient (Wildman–Crippen LogP) is 1.23. The highest BCUT2D eigenvalue weighted by Gasteiger charge is 2.39. The smallest absolute Gasteiger partial charge is 0.304 e. The Morgan fingerprint density at radius 2 is 2.20 bits per heavy atom. The number of anilines is 1. The summed E-state index contributed by atoms with van der Waals surface area (Å²) >= 11 is 0. The average molecular weight is 279 g/mol. The molecule has 1 saturated carbocycles. The van der Waals surface area contributed by atoms with Crippen molar-refractivity contribution in [2.45, 2.75) is 32.0 Å². The van der Waals surface area contributed by atoms with Crippen LogP contribution in [0.3, 0.4) is 0 Å². The molecular weight excluding hydrogens is 262 g/mol. The Morgan fingerprint density at radius 3 is 2.85 bits per heavy atom. The van der Waals surface area contributed by atoms with E-state index in [4.69, 9.17) is 4.74 Å². The topological polar surface area (TPSA) is 82.5 Å². The molecule has 2 aliphatic rings. The third kappa shape index (κ3) is 2.53. The molecular formula is C13H17N3O4. The molecule has 1 aliphatic carbocycles. The number of pyridine rings is 1. The molecule has 108 valence electrons. The minimum absolute atomic E-state index is 0.00858. The van der Waals surface area contributed by atoms with Crippen molar-refractivity contribution in [3.63, 3.8) is 0 Å². The summed E-state index contributed by atoms with van der Waals surface area (Å²) < 4.78 is 6.50. The summed E-state index contributed by atoms with van der Waals surface area (Å²) in [5, 5.41) is 22.6. The van der Waals surface area contributed by atoms with Gasteiger partial charge in [-0.25, -0.2) is 0 Å². The molecule has 0 bridgehead atoms. The van der Waals surface area contributed by atoms with E-state index in [1.165, 1.54) is 12.3 Å². The van der Waals surface area contributed by atoms with Gasteiger partial charge in [-0.2, -0.15) is 4.73 Å². The Hall–Kier alpha value is -1.89. The highest BCUT2D eigenvalue weighted by Crippen LogP contribution is 2.38. The highest BCUT2D eigenvalue weighted by molar-refractivity contribution is 5.60. The third-order valence-electron chi connectivity index (χ3n) is 3.86. The van der Waals surface area contributed by atoms with E-state index in [2.05, 4.69) is 0 Å².